The van der Waals surface area contributed by atoms with Crippen molar-refractivity contribution in [2.45, 2.75) is 26.2 Å². The van der Waals surface area contributed by atoms with Crippen LogP contribution in [0.5, 0.6) is 0 Å². The molecule has 0 aliphatic rings. The van der Waals surface area contributed by atoms with Crippen molar-refractivity contribution < 1.29 is 0 Å². The van der Waals surface area contributed by atoms with Gasteiger partial charge < -0.3 is 4.90 Å². The third-order valence-electron chi connectivity index (χ3n) is 2.62. The van der Waals surface area contributed by atoms with Crippen LogP contribution in [0.4, 0.5) is 5.69 Å². The zero-order valence-electron chi connectivity index (χ0n) is 9.34. The van der Waals surface area contributed by atoms with Crippen LogP contribution in [0.3, 0.4) is 0 Å². The molecule has 0 amide bonds. The van der Waals surface area contributed by atoms with Crippen LogP contribution in [-0.4, -0.2) is 14.1 Å². The van der Waals surface area contributed by atoms with Crippen LogP contribution in [-0.2, 0) is 0 Å². The number of nitrogens with zero attached hydrogens (tertiary/aromatic N) is 1. The fourth-order valence-corrected chi connectivity index (χ4v) is 1.71. The fraction of sp³-hybridized carbons (Fsp3) is 0.500. The van der Waals surface area contributed by atoms with Gasteiger partial charge in [0, 0.05) is 24.8 Å². The Morgan fingerprint density at radius 1 is 1.36 bits per heavy atom. The summed E-state index contributed by atoms with van der Waals surface area (Å²) >= 11 is 5.98. The summed E-state index contributed by atoms with van der Waals surface area (Å²) in [6.45, 7) is 4.45. The molecule has 1 rings (SSSR count). The largest absolute Gasteiger partial charge is 0.377 e. The van der Waals surface area contributed by atoms with Gasteiger partial charge in [-0.1, -0.05) is 31.5 Å². The van der Waals surface area contributed by atoms with Crippen molar-refractivity contribution in [2.75, 3.05) is 19.0 Å². The second-order valence-corrected chi connectivity index (χ2v) is 4.34. The zero-order valence-corrected chi connectivity index (χ0v) is 10.1. The second-order valence-electron chi connectivity index (χ2n) is 3.91. The van der Waals surface area contributed by atoms with Crippen molar-refractivity contribution in [1.29, 1.82) is 0 Å². The number of hydrogen-bond acceptors (Lipinski definition) is 1. The van der Waals surface area contributed by atoms with Crippen LogP contribution in [0.15, 0.2) is 18.2 Å². The normalized spacial score (nSPS) is 12.6. The average Bonchev–Trinajstić information content (AvgIpc) is 2.16. The minimum Gasteiger partial charge on any atom is -0.377 e. The van der Waals surface area contributed by atoms with Crippen LogP contribution < -0.4 is 4.90 Å². The van der Waals surface area contributed by atoms with E-state index >= 15 is 0 Å². The maximum absolute atomic E-state index is 5.98. The molecule has 0 spiro atoms. The molecule has 0 saturated carbocycles. The van der Waals surface area contributed by atoms with Gasteiger partial charge in [-0.2, -0.15) is 0 Å². The molecule has 1 nitrogen and oxygen atoms in total. The SMILES string of the molecule is CCC(C)c1ccc(Cl)cc1N(C)C. The van der Waals surface area contributed by atoms with E-state index in [1.165, 1.54) is 11.3 Å². The summed E-state index contributed by atoms with van der Waals surface area (Å²) in [5.74, 6) is 0.588. The summed E-state index contributed by atoms with van der Waals surface area (Å²) in [7, 11) is 4.11. The van der Waals surface area contributed by atoms with Gasteiger partial charge in [-0.3, -0.25) is 0 Å². The molecule has 78 valence electrons. The highest BCUT2D eigenvalue weighted by Gasteiger charge is 2.10. The van der Waals surface area contributed by atoms with E-state index in [1.54, 1.807) is 0 Å². The van der Waals surface area contributed by atoms with E-state index in [0.717, 1.165) is 11.4 Å². The standard InChI is InChI=1S/C12H18ClN/c1-5-9(2)11-7-6-10(13)8-12(11)14(3)4/h6-9H,5H2,1-4H3. The lowest BCUT2D eigenvalue weighted by molar-refractivity contribution is 0.731. The van der Waals surface area contributed by atoms with Gasteiger partial charge in [0.25, 0.3) is 0 Å². The first-order valence-corrected chi connectivity index (χ1v) is 5.40. The lowest BCUT2D eigenvalue weighted by Crippen LogP contribution is -2.12. The van der Waals surface area contributed by atoms with Crippen LogP contribution in [0, 0.1) is 0 Å². The first kappa shape index (κ1) is 11.4. The van der Waals surface area contributed by atoms with Crippen molar-refractivity contribution in [2.24, 2.45) is 0 Å². The van der Waals surface area contributed by atoms with Crippen molar-refractivity contribution >= 4 is 17.3 Å². The molecule has 0 saturated heterocycles. The van der Waals surface area contributed by atoms with Crippen LogP contribution >= 0.6 is 11.6 Å². The van der Waals surface area contributed by atoms with Gasteiger partial charge in [0.15, 0.2) is 0 Å². The lowest BCUT2D eigenvalue weighted by atomic mass is 9.96. The van der Waals surface area contributed by atoms with Crippen molar-refractivity contribution in [3.63, 3.8) is 0 Å². The molecule has 0 aliphatic carbocycles. The van der Waals surface area contributed by atoms with Crippen molar-refractivity contribution in [3.05, 3.63) is 28.8 Å². The Kier molecular flexibility index (Phi) is 3.82. The van der Waals surface area contributed by atoms with Crippen molar-refractivity contribution in [3.8, 4) is 0 Å². The Balaban J connectivity index is 3.14. The molecule has 0 bridgehead atoms. The monoisotopic (exact) mass is 211 g/mol. The number of benzene rings is 1. The molecule has 2 heteroatoms. The zero-order chi connectivity index (χ0) is 10.7. The summed E-state index contributed by atoms with van der Waals surface area (Å²) in [6, 6.07) is 6.13. The third-order valence-corrected chi connectivity index (χ3v) is 2.85. The Morgan fingerprint density at radius 3 is 2.50 bits per heavy atom. The highest BCUT2D eigenvalue weighted by Crippen LogP contribution is 2.30. The van der Waals surface area contributed by atoms with Gasteiger partial charge in [-0.05, 0) is 30.0 Å². The Bertz CT molecular complexity index is 307. The predicted molar refractivity (Wildman–Crippen MR) is 64.5 cm³/mol. The van der Waals surface area contributed by atoms with Gasteiger partial charge in [0.2, 0.25) is 0 Å². The molecule has 0 fully saturated rings. The van der Waals surface area contributed by atoms with Gasteiger partial charge in [0.05, 0.1) is 0 Å². The topological polar surface area (TPSA) is 3.24 Å². The van der Waals surface area contributed by atoms with Crippen molar-refractivity contribution in [1.82, 2.24) is 0 Å². The minimum absolute atomic E-state index is 0.588. The summed E-state index contributed by atoms with van der Waals surface area (Å²) < 4.78 is 0. The summed E-state index contributed by atoms with van der Waals surface area (Å²) in [5, 5.41) is 0.806. The maximum atomic E-state index is 5.98. The molecule has 0 radical (unpaired) electrons. The maximum Gasteiger partial charge on any atom is 0.0426 e. The summed E-state index contributed by atoms with van der Waals surface area (Å²) in [5.41, 5.74) is 2.61. The lowest BCUT2D eigenvalue weighted by Gasteiger charge is -2.21. The third kappa shape index (κ3) is 2.42. The molecule has 1 aromatic carbocycles. The molecule has 1 unspecified atom stereocenters. The molecule has 0 aliphatic heterocycles. The first-order chi connectivity index (χ1) is 6.56. The van der Waals surface area contributed by atoms with Gasteiger partial charge in [-0.15, -0.1) is 0 Å². The average molecular weight is 212 g/mol. The number of halogens is 1. The molecule has 14 heavy (non-hydrogen) atoms. The highest BCUT2D eigenvalue weighted by atomic mass is 35.5. The van der Waals surface area contributed by atoms with E-state index in [4.69, 9.17) is 11.6 Å². The molecule has 1 atom stereocenters. The summed E-state index contributed by atoms with van der Waals surface area (Å²) in [4.78, 5) is 2.12. The Morgan fingerprint density at radius 2 is 2.00 bits per heavy atom. The predicted octanol–water partition coefficient (Wildman–Crippen LogP) is 3.92. The van der Waals surface area contributed by atoms with E-state index in [0.29, 0.717) is 5.92 Å². The first-order valence-electron chi connectivity index (χ1n) is 5.03. The molecular formula is C12H18ClN. The molecule has 0 heterocycles. The van der Waals surface area contributed by atoms with E-state index in [9.17, 15) is 0 Å². The molecule has 0 aromatic heterocycles. The van der Waals surface area contributed by atoms with E-state index in [2.05, 4.69) is 38.9 Å². The molecular weight excluding hydrogens is 194 g/mol. The van der Waals surface area contributed by atoms with Gasteiger partial charge in [0.1, 0.15) is 0 Å². The fourth-order valence-electron chi connectivity index (χ4n) is 1.54. The summed E-state index contributed by atoms with van der Waals surface area (Å²) in [6.07, 6.45) is 1.16. The smallest absolute Gasteiger partial charge is 0.0426 e. The van der Waals surface area contributed by atoms with E-state index in [1.807, 2.05) is 12.1 Å². The Labute approximate surface area is 91.7 Å². The van der Waals surface area contributed by atoms with Crippen LogP contribution in [0.1, 0.15) is 31.7 Å². The van der Waals surface area contributed by atoms with Gasteiger partial charge >= 0.3 is 0 Å². The Hall–Kier alpha value is -0.690. The second kappa shape index (κ2) is 4.70. The number of hydrogen-bond donors (Lipinski definition) is 0. The van der Waals surface area contributed by atoms with Gasteiger partial charge in [-0.25, -0.2) is 0 Å². The van der Waals surface area contributed by atoms with E-state index < -0.39 is 0 Å². The minimum atomic E-state index is 0.588. The molecule has 1 aromatic rings. The molecule has 0 N–H and O–H groups in total. The van der Waals surface area contributed by atoms with E-state index in [-0.39, 0.29) is 0 Å². The quantitative estimate of drug-likeness (QED) is 0.733. The number of anilines is 1. The van der Waals surface area contributed by atoms with Crippen LogP contribution in [0.25, 0.3) is 0 Å². The van der Waals surface area contributed by atoms with Crippen LogP contribution in [0.2, 0.25) is 5.02 Å². The number of rotatable bonds is 3. The highest BCUT2D eigenvalue weighted by molar-refractivity contribution is 6.30.